The van der Waals surface area contributed by atoms with Crippen molar-refractivity contribution in [1.82, 2.24) is 18.7 Å². The Morgan fingerprint density at radius 2 is 0.812 bits per heavy atom. The molecule has 2 heterocycles. The Hall–Kier alpha value is -6.28. The summed E-state index contributed by atoms with van der Waals surface area (Å²) in [4.78, 5) is 29.6. The molecule has 8 nitrogen and oxygen atoms in total. The maximum atomic E-state index is 14.8. The van der Waals surface area contributed by atoms with Crippen molar-refractivity contribution in [1.29, 1.82) is 0 Å². The number of hydrogen-bond acceptors (Lipinski definition) is 2. The molecular formula is C40H34N4O4+2. The quantitative estimate of drug-likeness (QED) is 0.124. The van der Waals surface area contributed by atoms with Gasteiger partial charge in [-0.25, -0.2) is 9.36 Å². The summed E-state index contributed by atoms with van der Waals surface area (Å²) in [7, 11) is 0. The smallest absolute Gasteiger partial charge is 0.276 e. The van der Waals surface area contributed by atoms with E-state index in [9.17, 15) is 9.59 Å². The fourth-order valence-corrected chi connectivity index (χ4v) is 5.94. The third-order valence-electron chi connectivity index (χ3n) is 8.14. The van der Waals surface area contributed by atoms with Crippen LogP contribution in [0.4, 0.5) is 0 Å². The molecule has 5 aromatic carbocycles. The predicted molar refractivity (Wildman–Crippen MR) is 193 cm³/mol. The average molecular weight is 635 g/mol. The molecule has 0 saturated heterocycles. The number of fused-ring (bicyclic) bond motifs is 2. The van der Waals surface area contributed by atoms with Gasteiger partial charge in [0.1, 0.15) is 0 Å². The van der Waals surface area contributed by atoms with Crippen LogP contribution in [-0.2, 0) is 13.1 Å². The summed E-state index contributed by atoms with van der Waals surface area (Å²) < 4.78 is 20.1. The Balaban J connectivity index is 1.63. The fraction of sp³-hybridized carbons (Fsp3) is 0.100. The summed E-state index contributed by atoms with van der Waals surface area (Å²) in [6.07, 6.45) is 7.49. The Bertz CT molecular complexity index is 2260. The minimum absolute atomic E-state index is 0.0659. The van der Waals surface area contributed by atoms with E-state index in [0.717, 1.165) is 11.1 Å². The van der Waals surface area contributed by atoms with Gasteiger partial charge in [-0.3, -0.25) is 9.59 Å². The molecule has 0 aliphatic heterocycles. The number of nitrogens with zero attached hydrogens (tertiary/aromatic N) is 4. The monoisotopic (exact) mass is 634 g/mol. The lowest BCUT2D eigenvalue weighted by molar-refractivity contribution is 0.430. The van der Waals surface area contributed by atoms with Gasteiger partial charge in [-0.2, -0.15) is 18.2 Å². The average Bonchev–Trinajstić information content (AvgIpc) is 3.15. The van der Waals surface area contributed by atoms with Crippen molar-refractivity contribution in [3.63, 3.8) is 0 Å². The minimum atomic E-state index is -0.463. The molecule has 0 aliphatic carbocycles. The number of hydrogen-bond donors (Lipinski definition) is 0. The summed E-state index contributed by atoms with van der Waals surface area (Å²) in [6.45, 7) is 4.83. The Labute approximate surface area is 276 Å². The van der Waals surface area contributed by atoms with Gasteiger partial charge in [0.05, 0.1) is 23.5 Å². The normalized spacial score (nSPS) is 11.7. The van der Waals surface area contributed by atoms with Gasteiger partial charge in [0.2, 0.25) is 11.0 Å². The largest absolute Gasteiger partial charge is 0.449 e. The third kappa shape index (κ3) is 5.54. The first kappa shape index (κ1) is 30.4. The molecule has 48 heavy (non-hydrogen) atoms. The zero-order valence-corrected chi connectivity index (χ0v) is 26.7. The van der Waals surface area contributed by atoms with Gasteiger partial charge in [0, 0.05) is 13.1 Å². The number of rotatable bonds is 8. The summed E-state index contributed by atoms with van der Waals surface area (Å²) in [6, 6.07) is 38.7. The molecule has 0 amide bonds. The van der Waals surface area contributed by atoms with E-state index in [4.69, 9.17) is 8.83 Å². The summed E-state index contributed by atoms with van der Waals surface area (Å²) in [5, 5.41) is 0. The highest BCUT2D eigenvalue weighted by Crippen LogP contribution is 2.25. The van der Waals surface area contributed by atoms with Crippen LogP contribution in [0.15, 0.2) is 140 Å². The Morgan fingerprint density at radius 3 is 1.15 bits per heavy atom. The molecule has 0 aliphatic rings. The standard InChI is InChI=1S/C40H34N4O4/c1-3-41-33(27-25-29-17-9-5-10-18-29)47-39-35(43(41)31-21-13-7-14-22-31)37(45)40-36(38(39)46)44(32-23-15-8-16-24-32)42(4-2)34(48-40)28-26-30-19-11-6-12-20-30/h5-28H,3-4H2,1-2H3/q+2/b27-25+,28-26+. The first-order valence-electron chi connectivity index (χ1n) is 16.0. The van der Waals surface area contributed by atoms with Crippen molar-refractivity contribution < 1.29 is 8.83 Å². The van der Waals surface area contributed by atoms with E-state index in [2.05, 4.69) is 0 Å². The SMILES string of the molecule is CCn1c(/C=C/c2ccccc2)[o+]c2c(=O)c3c([o+]c(/C=C/c4ccccc4)n(CC)n3-c3ccccc3)c(=O)c2n1-c1ccccc1. The second-order valence-corrected chi connectivity index (χ2v) is 11.1. The van der Waals surface area contributed by atoms with Crippen LogP contribution in [0, 0.1) is 0 Å². The Kier molecular flexibility index (Phi) is 8.36. The second-order valence-electron chi connectivity index (χ2n) is 11.1. The molecule has 7 aromatic rings. The van der Waals surface area contributed by atoms with Gasteiger partial charge in [-0.05, 0) is 61.4 Å². The molecule has 7 rings (SSSR count). The van der Waals surface area contributed by atoms with Gasteiger partial charge < -0.3 is 0 Å². The molecule has 8 heteroatoms. The second kappa shape index (κ2) is 13.2. The van der Waals surface area contributed by atoms with Gasteiger partial charge in [0.15, 0.2) is 0 Å². The topological polar surface area (TPSA) is 76.5 Å². The highest BCUT2D eigenvalue weighted by atomic mass is 16.4. The molecule has 0 bridgehead atoms. The Morgan fingerprint density at radius 1 is 0.479 bits per heavy atom. The van der Waals surface area contributed by atoms with Gasteiger partial charge in [0.25, 0.3) is 0 Å². The van der Waals surface area contributed by atoms with Crippen LogP contribution in [0.2, 0.25) is 0 Å². The maximum Gasteiger partial charge on any atom is 0.449 e. The van der Waals surface area contributed by atoms with Crippen molar-refractivity contribution in [2.75, 3.05) is 0 Å². The molecular weight excluding hydrogens is 600 g/mol. The van der Waals surface area contributed by atoms with Crippen LogP contribution in [0.3, 0.4) is 0 Å². The van der Waals surface area contributed by atoms with Crippen LogP contribution >= 0.6 is 0 Å². The number of benzene rings is 5. The van der Waals surface area contributed by atoms with Crippen LogP contribution in [0.1, 0.15) is 36.8 Å². The number of aromatic nitrogens is 4. The maximum absolute atomic E-state index is 14.8. The van der Waals surface area contributed by atoms with Crippen molar-refractivity contribution in [2.24, 2.45) is 0 Å². The van der Waals surface area contributed by atoms with E-state index in [1.165, 1.54) is 0 Å². The zero-order valence-electron chi connectivity index (χ0n) is 26.7. The molecule has 0 radical (unpaired) electrons. The fourth-order valence-electron chi connectivity index (χ4n) is 5.94. The van der Waals surface area contributed by atoms with E-state index in [1.54, 1.807) is 9.36 Å². The minimum Gasteiger partial charge on any atom is -0.276 e. The van der Waals surface area contributed by atoms with Crippen LogP contribution in [0.25, 0.3) is 57.9 Å². The summed E-state index contributed by atoms with van der Waals surface area (Å²) >= 11 is 0. The highest BCUT2D eigenvalue weighted by molar-refractivity contribution is 5.90. The van der Waals surface area contributed by atoms with Crippen molar-refractivity contribution >= 4 is 46.5 Å². The van der Waals surface area contributed by atoms with Gasteiger partial charge in [-0.15, -0.1) is 0 Å². The third-order valence-corrected chi connectivity index (χ3v) is 8.14. The van der Waals surface area contributed by atoms with E-state index >= 15 is 0 Å². The van der Waals surface area contributed by atoms with E-state index in [-0.39, 0.29) is 22.2 Å². The lowest BCUT2D eigenvalue weighted by atomic mass is 10.2. The summed E-state index contributed by atoms with van der Waals surface area (Å²) in [5.41, 5.74) is 2.45. The zero-order chi connectivity index (χ0) is 33.0. The summed E-state index contributed by atoms with van der Waals surface area (Å²) in [5.74, 6) is 0.810. The molecule has 0 saturated carbocycles. The molecule has 0 unspecified atom stereocenters. The molecule has 2 aromatic heterocycles. The van der Waals surface area contributed by atoms with Crippen molar-refractivity contribution in [2.45, 2.75) is 26.9 Å². The van der Waals surface area contributed by atoms with Crippen LogP contribution in [0.5, 0.6) is 0 Å². The highest BCUT2D eigenvalue weighted by Gasteiger charge is 2.36. The lowest BCUT2D eigenvalue weighted by Gasteiger charge is -2.16. The van der Waals surface area contributed by atoms with Gasteiger partial charge >= 0.3 is 33.8 Å². The molecule has 0 spiro atoms. The number of para-hydroxylation sites is 2. The molecule has 0 atom stereocenters. The van der Waals surface area contributed by atoms with E-state index < -0.39 is 10.9 Å². The molecule has 236 valence electrons. The van der Waals surface area contributed by atoms with Crippen molar-refractivity contribution in [3.05, 3.63) is 165 Å². The molecule has 0 N–H and O–H groups in total. The first-order valence-corrected chi connectivity index (χ1v) is 16.0. The van der Waals surface area contributed by atoms with E-state index in [0.29, 0.717) is 36.2 Å². The first-order chi connectivity index (χ1) is 23.6. The molecule has 0 fully saturated rings. The van der Waals surface area contributed by atoms with Crippen LogP contribution < -0.4 is 10.9 Å². The predicted octanol–water partition coefficient (Wildman–Crippen LogP) is 8.59. The van der Waals surface area contributed by atoms with E-state index in [1.807, 2.05) is 169 Å². The van der Waals surface area contributed by atoms with Crippen LogP contribution in [-0.4, -0.2) is 18.7 Å². The van der Waals surface area contributed by atoms with Gasteiger partial charge in [-0.1, -0.05) is 97.1 Å². The van der Waals surface area contributed by atoms with Crippen molar-refractivity contribution in [3.8, 4) is 11.4 Å². The lowest BCUT2D eigenvalue weighted by Crippen LogP contribution is -2.29.